The molecule has 0 saturated heterocycles. The number of ether oxygens (including phenoxy) is 2. The Bertz CT molecular complexity index is 750. The fourth-order valence-corrected chi connectivity index (χ4v) is 2.87. The Hall–Kier alpha value is -2.50. The molecular formula is C18H23N3O3. The Kier molecular flexibility index (Phi) is 4.46. The Labute approximate surface area is 141 Å². The summed E-state index contributed by atoms with van der Waals surface area (Å²) in [6, 6.07) is 7.32. The molecule has 3 rings (SSSR count). The maximum absolute atomic E-state index is 12.7. The van der Waals surface area contributed by atoms with Gasteiger partial charge in [-0.2, -0.15) is 5.10 Å². The molecule has 6 heteroatoms. The quantitative estimate of drug-likeness (QED) is 0.882. The number of methoxy groups -OCH3 is 2. The second-order valence-corrected chi connectivity index (χ2v) is 6.21. The fourth-order valence-electron chi connectivity index (χ4n) is 2.87. The van der Waals surface area contributed by atoms with Crippen molar-refractivity contribution < 1.29 is 14.3 Å². The molecule has 1 fully saturated rings. The number of nitrogens with one attached hydrogen (secondary N) is 1. The van der Waals surface area contributed by atoms with Crippen LogP contribution in [0.1, 0.15) is 41.9 Å². The first-order chi connectivity index (χ1) is 11.5. The van der Waals surface area contributed by atoms with Crippen LogP contribution in [0.5, 0.6) is 11.5 Å². The Balaban J connectivity index is 1.85. The van der Waals surface area contributed by atoms with Crippen molar-refractivity contribution in [3.8, 4) is 11.5 Å². The molecule has 1 atom stereocenters. The third kappa shape index (κ3) is 3.22. The van der Waals surface area contributed by atoms with Gasteiger partial charge < -0.3 is 14.8 Å². The van der Waals surface area contributed by atoms with Gasteiger partial charge in [-0.1, -0.05) is 0 Å². The predicted molar refractivity (Wildman–Crippen MR) is 91.9 cm³/mol. The van der Waals surface area contributed by atoms with Crippen LogP contribution in [0.2, 0.25) is 0 Å². The van der Waals surface area contributed by atoms with Crippen molar-refractivity contribution in [2.75, 3.05) is 19.5 Å². The van der Waals surface area contributed by atoms with Crippen LogP contribution in [-0.4, -0.2) is 29.9 Å². The molecule has 1 N–H and O–H groups in total. The number of anilines is 1. The van der Waals surface area contributed by atoms with Crippen molar-refractivity contribution in [1.29, 1.82) is 0 Å². The molecule has 1 aliphatic rings. The Morgan fingerprint density at radius 1 is 1.29 bits per heavy atom. The smallest absolute Gasteiger partial charge is 0.260 e. The fraction of sp³-hybridized carbons (Fsp3) is 0.444. The van der Waals surface area contributed by atoms with Gasteiger partial charge in [-0.25, -0.2) is 4.68 Å². The van der Waals surface area contributed by atoms with Gasteiger partial charge in [0.15, 0.2) is 0 Å². The van der Waals surface area contributed by atoms with E-state index in [1.54, 1.807) is 25.3 Å². The van der Waals surface area contributed by atoms with Crippen LogP contribution in [0.15, 0.2) is 24.3 Å². The van der Waals surface area contributed by atoms with Gasteiger partial charge in [0, 0.05) is 12.1 Å². The third-order valence-corrected chi connectivity index (χ3v) is 4.44. The summed E-state index contributed by atoms with van der Waals surface area (Å²) in [6.07, 6.45) is 2.44. The molecule has 1 unspecified atom stereocenters. The van der Waals surface area contributed by atoms with Gasteiger partial charge in [0.2, 0.25) is 0 Å². The van der Waals surface area contributed by atoms with Crippen LogP contribution in [0.25, 0.3) is 0 Å². The third-order valence-electron chi connectivity index (χ3n) is 4.44. The highest BCUT2D eigenvalue weighted by atomic mass is 16.5. The number of benzene rings is 1. The van der Waals surface area contributed by atoms with E-state index < -0.39 is 0 Å². The van der Waals surface area contributed by atoms with Crippen LogP contribution in [0.4, 0.5) is 5.82 Å². The minimum atomic E-state index is -0.223. The number of carbonyl (C=O) groups excluding carboxylic acids is 1. The van der Waals surface area contributed by atoms with Crippen molar-refractivity contribution in [1.82, 2.24) is 9.78 Å². The zero-order valence-electron chi connectivity index (χ0n) is 14.5. The van der Waals surface area contributed by atoms with E-state index in [9.17, 15) is 4.79 Å². The Morgan fingerprint density at radius 3 is 2.67 bits per heavy atom. The summed E-state index contributed by atoms with van der Waals surface area (Å²) in [4.78, 5) is 12.7. The lowest BCUT2D eigenvalue weighted by atomic mass is 10.1. The molecule has 24 heavy (non-hydrogen) atoms. The molecule has 1 heterocycles. The van der Waals surface area contributed by atoms with Crippen LogP contribution in [0.3, 0.4) is 0 Å². The number of amides is 1. The molecule has 2 aromatic rings. The summed E-state index contributed by atoms with van der Waals surface area (Å²) in [5, 5.41) is 7.50. The molecular weight excluding hydrogens is 306 g/mol. The second kappa shape index (κ2) is 6.55. The molecule has 1 saturated carbocycles. The van der Waals surface area contributed by atoms with Gasteiger partial charge in [0.1, 0.15) is 17.3 Å². The molecule has 0 aliphatic heterocycles. The largest absolute Gasteiger partial charge is 0.497 e. The normalized spacial score (nSPS) is 15.0. The topological polar surface area (TPSA) is 65.4 Å². The minimum absolute atomic E-state index is 0.223. The first-order valence-electron chi connectivity index (χ1n) is 8.13. The van der Waals surface area contributed by atoms with Gasteiger partial charge >= 0.3 is 0 Å². The van der Waals surface area contributed by atoms with Gasteiger partial charge in [0.25, 0.3) is 5.91 Å². The van der Waals surface area contributed by atoms with Crippen LogP contribution >= 0.6 is 0 Å². The second-order valence-electron chi connectivity index (χ2n) is 6.21. The van der Waals surface area contributed by atoms with Crippen LogP contribution < -0.4 is 14.8 Å². The average molecular weight is 329 g/mol. The lowest BCUT2D eigenvalue weighted by Crippen LogP contribution is -2.19. The highest BCUT2D eigenvalue weighted by Gasteiger charge is 2.31. The maximum atomic E-state index is 12.7. The maximum Gasteiger partial charge on any atom is 0.260 e. The predicted octanol–water partition coefficient (Wildman–Crippen LogP) is 3.43. The molecule has 1 aromatic heterocycles. The van der Waals surface area contributed by atoms with Crippen molar-refractivity contribution in [3.05, 3.63) is 35.5 Å². The number of aromatic nitrogens is 2. The number of aryl methyl sites for hydroxylation is 1. The number of rotatable bonds is 6. The van der Waals surface area contributed by atoms with Crippen molar-refractivity contribution in [2.45, 2.75) is 32.7 Å². The standard InChI is InChI=1S/C18H23N3O3/c1-11-9-17(21(20-11)12(2)13-5-6-13)19-18(22)15-8-7-14(23-3)10-16(15)24-4/h7-10,12-13H,5-6H2,1-4H3,(H,19,22). The summed E-state index contributed by atoms with van der Waals surface area (Å²) in [5.41, 5.74) is 1.35. The number of hydrogen-bond donors (Lipinski definition) is 1. The van der Waals surface area contributed by atoms with Gasteiger partial charge in [-0.05, 0) is 44.7 Å². The van der Waals surface area contributed by atoms with E-state index in [4.69, 9.17) is 9.47 Å². The number of nitrogens with zero attached hydrogens (tertiary/aromatic N) is 2. The molecule has 0 bridgehead atoms. The summed E-state index contributed by atoms with van der Waals surface area (Å²) < 4.78 is 12.4. The van der Waals surface area contributed by atoms with E-state index in [0.717, 1.165) is 11.5 Å². The summed E-state index contributed by atoms with van der Waals surface area (Å²) in [5.74, 6) is 2.26. The molecule has 0 radical (unpaired) electrons. The van der Waals surface area contributed by atoms with Crippen molar-refractivity contribution in [2.24, 2.45) is 5.92 Å². The highest BCUT2D eigenvalue weighted by Crippen LogP contribution is 2.40. The summed E-state index contributed by atoms with van der Waals surface area (Å²) in [7, 11) is 3.12. The van der Waals surface area contributed by atoms with Crippen LogP contribution in [-0.2, 0) is 0 Å². The van der Waals surface area contributed by atoms with E-state index in [1.807, 2.05) is 17.7 Å². The molecule has 1 aromatic carbocycles. The van der Waals surface area contributed by atoms with Gasteiger partial charge in [0.05, 0.1) is 31.5 Å². The van der Waals surface area contributed by atoms with E-state index in [1.165, 1.54) is 20.0 Å². The van der Waals surface area contributed by atoms with E-state index in [2.05, 4.69) is 17.3 Å². The molecule has 1 aliphatic carbocycles. The SMILES string of the molecule is COc1ccc(C(=O)Nc2cc(C)nn2C(C)C2CC2)c(OC)c1. The van der Waals surface area contributed by atoms with Crippen molar-refractivity contribution >= 4 is 11.7 Å². The number of carbonyl (C=O) groups is 1. The van der Waals surface area contributed by atoms with Gasteiger partial charge in [-0.15, -0.1) is 0 Å². The first kappa shape index (κ1) is 16.4. The van der Waals surface area contributed by atoms with E-state index >= 15 is 0 Å². The Morgan fingerprint density at radius 2 is 2.04 bits per heavy atom. The highest BCUT2D eigenvalue weighted by molar-refractivity contribution is 6.06. The van der Waals surface area contributed by atoms with E-state index in [0.29, 0.717) is 23.0 Å². The zero-order chi connectivity index (χ0) is 17.3. The van der Waals surface area contributed by atoms with Gasteiger partial charge in [-0.3, -0.25) is 4.79 Å². The molecule has 0 spiro atoms. The molecule has 128 valence electrons. The lowest BCUT2D eigenvalue weighted by molar-refractivity contribution is 0.102. The molecule has 1 amide bonds. The van der Waals surface area contributed by atoms with E-state index in [-0.39, 0.29) is 11.9 Å². The monoisotopic (exact) mass is 329 g/mol. The minimum Gasteiger partial charge on any atom is -0.497 e. The summed E-state index contributed by atoms with van der Waals surface area (Å²) in [6.45, 7) is 4.08. The lowest BCUT2D eigenvalue weighted by Gasteiger charge is -2.16. The number of hydrogen-bond acceptors (Lipinski definition) is 4. The van der Waals surface area contributed by atoms with Crippen LogP contribution in [0, 0.1) is 12.8 Å². The summed E-state index contributed by atoms with van der Waals surface area (Å²) >= 11 is 0. The average Bonchev–Trinajstić information content (AvgIpc) is 3.37. The first-order valence-corrected chi connectivity index (χ1v) is 8.13. The molecule has 6 nitrogen and oxygen atoms in total. The van der Waals surface area contributed by atoms with Crippen molar-refractivity contribution in [3.63, 3.8) is 0 Å². The zero-order valence-corrected chi connectivity index (χ0v) is 14.5.